The minimum Gasteiger partial charge on any atom is -0.455 e. The van der Waals surface area contributed by atoms with Crippen LogP contribution in [0.15, 0.2) is 288 Å². The van der Waals surface area contributed by atoms with Crippen LogP contribution in [0.2, 0.25) is 0 Å². The van der Waals surface area contributed by atoms with Crippen molar-refractivity contribution in [2.75, 3.05) is 9.80 Å². The van der Waals surface area contributed by atoms with Crippen molar-refractivity contribution in [2.45, 2.75) is 44.1 Å². The number of para-hydroxylation sites is 7. The van der Waals surface area contributed by atoms with Crippen LogP contribution in [0.25, 0.3) is 105 Å². The molecule has 0 bridgehead atoms. The highest BCUT2D eigenvalue weighted by molar-refractivity contribution is 6.26. The molecule has 0 aliphatic heterocycles. The minimum atomic E-state index is -1.90. The van der Waals surface area contributed by atoms with Crippen molar-refractivity contribution in [1.29, 1.82) is 0 Å². The number of nitrogens with zero attached hydrogens (tertiary/aromatic N) is 3. The molecule has 3 heterocycles. The van der Waals surface area contributed by atoms with Crippen LogP contribution >= 0.6 is 0 Å². The molecule has 0 fully saturated rings. The van der Waals surface area contributed by atoms with Gasteiger partial charge in [0.25, 0.3) is 0 Å². The van der Waals surface area contributed by atoms with Crippen LogP contribution < -0.4 is 9.80 Å². The van der Waals surface area contributed by atoms with Crippen LogP contribution in [0.4, 0.5) is 34.1 Å². The van der Waals surface area contributed by atoms with E-state index in [4.69, 9.17) is 8.83 Å². The zero-order chi connectivity index (χ0) is 60.6. The molecule has 0 radical (unpaired) electrons. The van der Waals surface area contributed by atoms with Crippen LogP contribution in [0.1, 0.15) is 66.6 Å². The first-order valence-electron chi connectivity index (χ1n) is 31.6. The maximum absolute atomic E-state index is 16.0. The van der Waals surface area contributed by atoms with Gasteiger partial charge in [0.1, 0.15) is 22.4 Å². The number of aliphatic hydroxyl groups is 1. The normalized spacial score (nSPS) is 15.5. The summed E-state index contributed by atoms with van der Waals surface area (Å²) in [7, 11) is 0. The van der Waals surface area contributed by atoms with E-state index in [9.17, 15) is 0 Å². The monoisotopic (exact) mass is 1170 g/mol. The van der Waals surface area contributed by atoms with Gasteiger partial charge in [0.05, 0.1) is 44.9 Å². The number of anilines is 6. The summed E-state index contributed by atoms with van der Waals surface area (Å²) < 4.78 is 17.5. The third-order valence-corrected chi connectivity index (χ3v) is 20.5. The lowest BCUT2D eigenvalue weighted by atomic mass is 9.80. The highest BCUT2D eigenvalue weighted by atomic mass is 16.3. The Hall–Kier alpha value is -11.2. The van der Waals surface area contributed by atoms with Gasteiger partial charge in [-0.05, 0) is 123 Å². The summed E-state index contributed by atoms with van der Waals surface area (Å²) in [4.78, 5) is 4.84. The third-order valence-electron chi connectivity index (χ3n) is 20.5. The average molecular weight is 1170 g/mol. The quantitative estimate of drug-likeness (QED) is 0.164. The molecule has 1 N–H and O–H groups in total. The molecule has 432 valence electrons. The fourth-order valence-electron chi connectivity index (χ4n) is 16.8. The molecule has 6 nitrogen and oxygen atoms in total. The highest BCUT2D eigenvalue weighted by Crippen LogP contribution is 2.65. The molecular weight excluding hydrogens is 1110 g/mol. The number of fused-ring (bicyclic) bond motifs is 20. The van der Waals surface area contributed by atoms with E-state index in [-0.39, 0.29) is 10.8 Å². The predicted octanol–water partition coefficient (Wildman–Crippen LogP) is 22.4. The van der Waals surface area contributed by atoms with Gasteiger partial charge in [-0.25, -0.2) is 0 Å². The van der Waals surface area contributed by atoms with E-state index < -0.39 is 5.60 Å². The van der Waals surface area contributed by atoms with Crippen LogP contribution in [0, 0.1) is 0 Å². The topological polar surface area (TPSA) is 57.9 Å². The molecule has 6 heteroatoms. The third kappa shape index (κ3) is 6.89. The summed E-state index contributed by atoms with van der Waals surface area (Å²) in [5.41, 5.74) is 22.5. The molecule has 3 aromatic heterocycles. The molecule has 0 amide bonds. The lowest BCUT2D eigenvalue weighted by Crippen LogP contribution is -2.29. The van der Waals surface area contributed by atoms with E-state index in [0.717, 1.165) is 105 Å². The molecule has 19 rings (SSSR count). The van der Waals surface area contributed by atoms with Crippen LogP contribution in [0.3, 0.4) is 0 Å². The van der Waals surface area contributed by atoms with Gasteiger partial charge >= 0.3 is 0 Å². The van der Waals surface area contributed by atoms with E-state index in [1.165, 1.54) is 44.5 Å². The van der Waals surface area contributed by atoms with E-state index in [1.807, 2.05) is 0 Å². The molecule has 13 aromatic carbocycles. The summed E-state index contributed by atoms with van der Waals surface area (Å²) in [6, 6.07) is 99.9. The first kappa shape index (κ1) is 51.8. The Balaban J connectivity index is 0.996. The molecule has 0 spiro atoms. The largest absolute Gasteiger partial charge is 0.455 e. The molecular formula is C85H59N3O3. The summed E-state index contributed by atoms with van der Waals surface area (Å²) in [6.45, 7) is 9.42. The van der Waals surface area contributed by atoms with Gasteiger partial charge in [0, 0.05) is 77.0 Å². The first-order chi connectivity index (χ1) is 44.6. The lowest BCUT2D eigenvalue weighted by Gasteiger charge is -2.35. The number of rotatable bonds is 8. The molecule has 91 heavy (non-hydrogen) atoms. The second-order valence-corrected chi connectivity index (χ2v) is 25.9. The van der Waals surface area contributed by atoms with Crippen LogP contribution in [0.5, 0.6) is 0 Å². The van der Waals surface area contributed by atoms with Crippen molar-refractivity contribution in [3.05, 3.63) is 318 Å². The standard InChI is InChI=1S/C85H59N3O3/c1-83(2)61-39-17-11-31-53(61)57-37-25-45-69(79(57)83)86(51-27-7-5-8-28-51)71-49-65-78(82-75(71)59-35-15-23-47-73(59)91-82)77-64(85(65,89)63-41-19-22-44-68(63)88-66-42-20-13-33-55(66)56-34-14-21-43-67(56)88)50-72(81-76(77)60-36-16-24-48-74(60)90-81)87(52-29-9-6-10-30-52)70-46-26-38-58-54-32-12-18-40-62(54)84(3,4)80(58)70/h5-50,89H,1-4H3. The maximum Gasteiger partial charge on any atom is 0.160 e. The Labute approximate surface area is 526 Å². The van der Waals surface area contributed by atoms with Gasteiger partial charge in [-0.2, -0.15) is 0 Å². The second-order valence-electron chi connectivity index (χ2n) is 25.9. The number of furan rings is 2. The van der Waals surface area contributed by atoms with Gasteiger partial charge in [-0.15, -0.1) is 0 Å². The van der Waals surface area contributed by atoms with Crippen molar-refractivity contribution in [3.8, 4) is 39.1 Å². The van der Waals surface area contributed by atoms with Gasteiger partial charge in [0.15, 0.2) is 5.58 Å². The van der Waals surface area contributed by atoms with Crippen molar-refractivity contribution >= 4 is 99.8 Å². The lowest BCUT2D eigenvalue weighted by molar-refractivity contribution is 0.131. The van der Waals surface area contributed by atoms with Crippen molar-refractivity contribution in [1.82, 2.24) is 4.57 Å². The number of benzene rings is 13. The Kier molecular flexibility index (Phi) is 10.6. The molecule has 1 unspecified atom stereocenters. The highest BCUT2D eigenvalue weighted by Gasteiger charge is 2.51. The Morgan fingerprint density at radius 2 is 0.747 bits per heavy atom. The number of hydrogen-bond acceptors (Lipinski definition) is 5. The van der Waals surface area contributed by atoms with E-state index in [0.29, 0.717) is 27.9 Å². The molecule has 0 saturated heterocycles. The number of aromatic nitrogens is 1. The Morgan fingerprint density at radius 1 is 0.330 bits per heavy atom. The predicted molar refractivity (Wildman–Crippen MR) is 374 cm³/mol. The number of hydrogen-bond donors (Lipinski definition) is 1. The summed E-state index contributed by atoms with van der Waals surface area (Å²) in [5.74, 6) is 0. The molecule has 16 aromatic rings. The molecule has 0 saturated carbocycles. The van der Waals surface area contributed by atoms with Crippen LogP contribution in [-0.2, 0) is 16.4 Å². The average Bonchev–Trinajstić information content (AvgIpc) is 1.50. The summed E-state index contributed by atoms with van der Waals surface area (Å²) in [5, 5.41) is 22.0. The van der Waals surface area contributed by atoms with Crippen molar-refractivity contribution in [2.24, 2.45) is 0 Å². The molecule has 3 aliphatic rings. The van der Waals surface area contributed by atoms with Crippen molar-refractivity contribution < 1.29 is 13.9 Å². The second kappa shape index (κ2) is 18.7. The molecule has 3 aliphatic carbocycles. The van der Waals surface area contributed by atoms with Gasteiger partial charge in [-0.1, -0.05) is 228 Å². The Morgan fingerprint density at radius 3 is 1.32 bits per heavy atom. The SMILES string of the molecule is CC1(C)c2ccccc2-c2cccc(N(c3ccccc3)c3cc4c(c5c3oc3ccccc35)-c3c(cc(N(c5ccccc5)c5cccc6c5C(C)(C)c5ccccc5-6)c5c3oc3ccccc35)C4(O)c3ccccc3-n3c4ccccc4c4ccccc43)c21. The molecule has 1 atom stereocenters. The van der Waals surface area contributed by atoms with Crippen LogP contribution in [-0.4, -0.2) is 9.67 Å². The summed E-state index contributed by atoms with van der Waals surface area (Å²) >= 11 is 0. The van der Waals surface area contributed by atoms with Gasteiger partial charge in [-0.3, -0.25) is 0 Å². The zero-order valence-electron chi connectivity index (χ0n) is 50.7. The van der Waals surface area contributed by atoms with Gasteiger partial charge in [0.2, 0.25) is 0 Å². The van der Waals surface area contributed by atoms with E-state index >= 15 is 5.11 Å². The zero-order valence-corrected chi connectivity index (χ0v) is 50.7. The Bertz CT molecular complexity index is 5710. The van der Waals surface area contributed by atoms with E-state index in [1.54, 1.807) is 0 Å². The van der Waals surface area contributed by atoms with Crippen molar-refractivity contribution in [3.63, 3.8) is 0 Å². The summed E-state index contributed by atoms with van der Waals surface area (Å²) in [6.07, 6.45) is 0. The first-order valence-corrected chi connectivity index (χ1v) is 31.6. The fraction of sp³-hybridized carbons (Fsp3) is 0.0824. The van der Waals surface area contributed by atoms with Gasteiger partial charge < -0.3 is 28.3 Å². The fourth-order valence-corrected chi connectivity index (χ4v) is 16.8. The minimum absolute atomic E-state index is 0.381. The maximum atomic E-state index is 16.0. The van der Waals surface area contributed by atoms with E-state index in [2.05, 4.69) is 321 Å². The smallest absolute Gasteiger partial charge is 0.160 e.